The van der Waals surface area contributed by atoms with Gasteiger partial charge in [0.05, 0.1) is 12.6 Å². The summed E-state index contributed by atoms with van der Waals surface area (Å²) in [5, 5.41) is 2.68. The minimum Gasteiger partial charge on any atom is -0.347 e. The van der Waals surface area contributed by atoms with Gasteiger partial charge in [-0.05, 0) is 44.3 Å². The maximum atomic E-state index is 12.8. The third-order valence-electron chi connectivity index (χ3n) is 6.31. The molecule has 0 radical (unpaired) electrons. The zero-order valence-electron chi connectivity index (χ0n) is 15.1. The summed E-state index contributed by atoms with van der Waals surface area (Å²) in [6.07, 6.45) is 2.37. The van der Waals surface area contributed by atoms with E-state index in [0.717, 1.165) is 19.6 Å². The second-order valence-electron chi connectivity index (χ2n) is 7.83. The van der Waals surface area contributed by atoms with Crippen LogP contribution in [0.2, 0.25) is 0 Å². The highest BCUT2D eigenvalue weighted by atomic mass is 16.2. The van der Waals surface area contributed by atoms with Crippen molar-refractivity contribution in [3.05, 3.63) is 35.4 Å². The summed E-state index contributed by atoms with van der Waals surface area (Å²) < 4.78 is 0. The first-order chi connectivity index (χ1) is 12.0. The molecule has 4 heterocycles. The minimum atomic E-state index is -0.145. The number of fused-ring (bicyclic) bond motifs is 2. The fraction of sp³-hybridized carbons (Fsp3) is 0.600. The van der Waals surface area contributed by atoms with Crippen molar-refractivity contribution >= 4 is 11.8 Å². The normalized spacial score (nSPS) is 33.2. The van der Waals surface area contributed by atoms with Crippen molar-refractivity contribution in [1.29, 1.82) is 0 Å². The van der Waals surface area contributed by atoms with Gasteiger partial charge in [-0.25, -0.2) is 0 Å². The van der Waals surface area contributed by atoms with Crippen LogP contribution in [0.1, 0.15) is 36.8 Å². The van der Waals surface area contributed by atoms with Crippen LogP contribution in [0.4, 0.5) is 0 Å². The van der Waals surface area contributed by atoms with E-state index in [0.29, 0.717) is 23.9 Å². The standard InChI is InChI=1S/C20H27N3O2/c1-13-3-5-15(6-4-13)17-12-23(18(25)11-21-14(2)24)19-16-7-9-22(10-8-16)20(17)19/h3-6,16-17,19-20H,7-12H2,1-2H3,(H,21,24). The van der Waals surface area contributed by atoms with Gasteiger partial charge >= 0.3 is 0 Å². The number of likely N-dealkylation sites (tertiary alicyclic amines) is 1. The average Bonchev–Trinajstić information content (AvgIpc) is 3.04. The topological polar surface area (TPSA) is 52.7 Å². The van der Waals surface area contributed by atoms with Crippen LogP contribution in [0.15, 0.2) is 24.3 Å². The molecule has 25 heavy (non-hydrogen) atoms. The number of aryl methyl sites for hydroxylation is 1. The largest absolute Gasteiger partial charge is 0.347 e. The van der Waals surface area contributed by atoms with E-state index in [1.807, 2.05) is 0 Å². The van der Waals surface area contributed by atoms with Gasteiger partial charge in [0.15, 0.2) is 0 Å². The number of nitrogens with one attached hydrogen (secondary N) is 1. The van der Waals surface area contributed by atoms with Crippen molar-refractivity contribution < 1.29 is 9.59 Å². The van der Waals surface area contributed by atoms with Crippen LogP contribution in [-0.2, 0) is 9.59 Å². The van der Waals surface area contributed by atoms with Gasteiger partial charge in [-0.3, -0.25) is 14.5 Å². The molecule has 2 bridgehead atoms. The van der Waals surface area contributed by atoms with E-state index in [-0.39, 0.29) is 18.4 Å². The summed E-state index contributed by atoms with van der Waals surface area (Å²) in [6.45, 7) is 6.76. The summed E-state index contributed by atoms with van der Waals surface area (Å²) in [7, 11) is 0. The Bertz CT molecular complexity index is 664. The van der Waals surface area contributed by atoms with E-state index in [2.05, 4.69) is 46.3 Å². The van der Waals surface area contributed by atoms with E-state index in [4.69, 9.17) is 0 Å². The number of piperidine rings is 3. The number of rotatable bonds is 3. The molecule has 0 spiro atoms. The van der Waals surface area contributed by atoms with Crippen molar-refractivity contribution in [3.63, 3.8) is 0 Å². The molecule has 4 aliphatic rings. The molecule has 4 fully saturated rings. The SMILES string of the molecule is CC(=O)NCC(=O)N1CC(c2ccc(C)cc2)C2C1C1CCN2CC1. The molecule has 1 aromatic carbocycles. The molecule has 134 valence electrons. The Morgan fingerprint density at radius 3 is 2.44 bits per heavy atom. The van der Waals surface area contributed by atoms with Gasteiger partial charge < -0.3 is 10.2 Å². The highest BCUT2D eigenvalue weighted by Crippen LogP contribution is 2.46. The van der Waals surface area contributed by atoms with Gasteiger partial charge in [0.2, 0.25) is 11.8 Å². The summed E-state index contributed by atoms with van der Waals surface area (Å²) in [5.41, 5.74) is 2.60. The van der Waals surface area contributed by atoms with Gasteiger partial charge in [-0.15, -0.1) is 0 Å². The molecule has 0 aromatic heterocycles. The molecule has 5 rings (SSSR count). The molecular weight excluding hydrogens is 314 g/mol. The summed E-state index contributed by atoms with van der Waals surface area (Å²) >= 11 is 0. The van der Waals surface area contributed by atoms with Crippen molar-refractivity contribution in [3.8, 4) is 0 Å². The first-order valence-electron chi connectivity index (χ1n) is 9.39. The molecule has 1 N–H and O–H groups in total. The summed E-state index contributed by atoms with van der Waals surface area (Å²) in [5.74, 6) is 0.892. The number of benzene rings is 1. The lowest BCUT2D eigenvalue weighted by atomic mass is 9.75. The first-order valence-corrected chi connectivity index (χ1v) is 9.39. The fourth-order valence-corrected chi connectivity index (χ4v) is 5.11. The smallest absolute Gasteiger partial charge is 0.242 e. The van der Waals surface area contributed by atoms with E-state index < -0.39 is 0 Å². The highest BCUT2D eigenvalue weighted by Gasteiger charge is 2.54. The third-order valence-corrected chi connectivity index (χ3v) is 6.31. The average molecular weight is 341 g/mol. The predicted molar refractivity (Wildman–Crippen MR) is 96.2 cm³/mol. The lowest BCUT2D eigenvalue weighted by Gasteiger charge is -2.51. The van der Waals surface area contributed by atoms with Crippen molar-refractivity contribution in [1.82, 2.24) is 15.1 Å². The second kappa shape index (κ2) is 6.45. The zero-order chi connectivity index (χ0) is 17.6. The van der Waals surface area contributed by atoms with Gasteiger partial charge in [-0.2, -0.15) is 0 Å². The maximum Gasteiger partial charge on any atom is 0.242 e. The maximum absolute atomic E-state index is 12.8. The van der Waals surface area contributed by atoms with Crippen LogP contribution in [-0.4, -0.2) is 59.9 Å². The van der Waals surface area contributed by atoms with Crippen LogP contribution < -0.4 is 5.32 Å². The molecule has 5 nitrogen and oxygen atoms in total. The predicted octanol–water partition coefficient (Wildman–Crippen LogP) is 1.52. The molecule has 3 unspecified atom stereocenters. The van der Waals surface area contributed by atoms with E-state index >= 15 is 0 Å². The Morgan fingerprint density at radius 2 is 1.80 bits per heavy atom. The highest BCUT2D eigenvalue weighted by molar-refractivity contribution is 5.84. The third kappa shape index (κ3) is 2.95. The Balaban J connectivity index is 1.62. The van der Waals surface area contributed by atoms with E-state index in [1.165, 1.54) is 30.9 Å². The van der Waals surface area contributed by atoms with E-state index in [9.17, 15) is 9.59 Å². The van der Waals surface area contributed by atoms with Crippen molar-refractivity contribution in [2.24, 2.45) is 5.92 Å². The number of nitrogens with zero attached hydrogens (tertiary/aromatic N) is 2. The molecule has 0 saturated carbocycles. The Kier molecular flexibility index (Phi) is 4.28. The van der Waals surface area contributed by atoms with Gasteiger partial charge in [0.25, 0.3) is 0 Å². The number of hydrogen-bond donors (Lipinski definition) is 1. The Hall–Kier alpha value is -1.88. The van der Waals surface area contributed by atoms with Crippen molar-refractivity contribution in [2.75, 3.05) is 26.2 Å². The van der Waals surface area contributed by atoms with Gasteiger partial charge in [0, 0.05) is 25.4 Å². The molecule has 2 amide bonds. The number of hydrogen-bond acceptors (Lipinski definition) is 3. The molecule has 5 heteroatoms. The lowest BCUT2D eigenvalue weighted by Crippen LogP contribution is -2.61. The molecular formula is C20H27N3O2. The minimum absolute atomic E-state index is 0.0635. The zero-order valence-corrected chi connectivity index (χ0v) is 15.1. The fourth-order valence-electron chi connectivity index (χ4n) is 5.11. The quantitative estimate of drug-likeness (QED) is 0.907. The molecule has 1 aromatic rings. The molecule has 4 aliphatic heterocycles. The monoisotopic (exact) mass is 341 g/mol. The van der Waals surface area contributed by atoms with Crippen LogP contribution in [0.3, 0.4) is 0 Å². The van der Waals surface area contributed by atoms with Crippen molar-refractivity contribution in [2.45, 2.75) is 44.7 Å². The molecule has 3 atom stereocenters. The molecule has 4 saturated heterocycles. The van der Waals surface area contributed by atoms with Crippen LogP contribution in [0.5, 0.6) is 0 Å². The second-order valence-corrected chi connectivity index (χ2v) is 7.83. The van der Waals surface area contributed by atoms with Crippen LogP contribution >= 0.6 is 0 Å². The first kappa shape index (κ1) is 16.6. The summed E-state index contributed by atoms with van der Waals surface area (Å²) in [4.78, 5) is 28.7. The molecule has 0 aliphatic carbocycles. The van der Waals surface area contributed by atoms with E-state index in [1.54, 1.807) is 0 Å². The van der Waals surface area contributed by atoms with Crippen LogP contribution in [0, 0.1) is 12.8 Å². The van der Waals surface area contributed by atoms with Crippen LogP contribution in [0.25, 0.3) is 0 Å². The lowest BCUT2D eigenvalue weighted by molar-refractivity contribution is -0.136. The number of amides is 2. The van der Waals surface area contributed by atoms with Gasteiger partial charge in [-0.1, -0.05) is 29.8 Å². The Morgan fingerprint density at radius 1 is 1.12 bits per heavy atom. The Labute approximate surface area is 149 Å². The number of carbonyl (C=O) groups excluding carboxylic acids is 2. The van der Waals surface area contributed by atoms with Gasteiger partial charge in [0.1, 0.15) is 0 Å². The summed E-state index contributed by atoms with van der Waals surface area (Å²) in [6, 6.07) is 9.52. The number of carbonyl (C=O) groups is 2.